The standard InChI is InChI=1S/C15H12ClN3O2/c16-13-5-1-10(2-6-13)8-19-9-12-4-3-11(15(20)18-21)7-14(12)17-19/h1-7,9,21H,8H2,(H,18,20). The van der Waals surface area contributed by atoms with Crippen LogP contribution in [0, 0.1) is 0 Å². The van der Waals surface area contributed by atoms with E-state index in [1.54, 1.807) is 28.4 Å². The third-order valence-corrected chi connectivity index (χ3v) is 3.43. The van der Waals surface area contributed by atoms with Crippen LogP contribution in [0.4, 0.5) is 0 Å². The van der Waals surface area contributed by atoms with Gasteiger partial charge in [0, 0.05) is 22.2 Å². The van der Waals surface area contributed by atoms with Gasteiger partial charge in [0.25, 0.3) is 5.91 Å². The second kappa shape index (κ2) is 5.55. The molecule has 1 heterocycles. The number of benzene rings is 2. The Balaban J connectivity index is 1.90. The van der Waals surface area contributed by atoms with Crippen molar-refractivity contribution in [2.75, 3.05) is 0 Å². The van der Waals surface area contributed by atoms with Crippen LogP contribution in [-0.2, 0) is 6.54 Å². The van der Waals surface area contributed by atoms with Crippen molar-refractivity contribution >= 4 is 28.4 Å². The van der Waals surface area contributed by atoms with Gasteiger partial charge in [0.05, 0.1) is 12.1 Å². The Hall–Kier alpha value is -2.37. The molecule has 3 rings (SSSR count). The minimum atomic E-state index is -0.552. The predicted octanol–water partition coefficient (Wildman–Crippen LogP) is 2.86. The minimum Gasteiger partial charge on any atom is -0.288 e. The average molecular weight is 302 g/mol. The van der Waals surface area contributed by atoms with Crippen molar-refractivity contribution < 1.29 is 10.0 Å². The van der Waals surface area contributed by atoms with E-state index in [0.29, 0.717) is 22.6 Å². The Morgan fingerprint density at radius 2 is 2.00 bits per heavy atom. The molecule has 0 spiro atoms. The van der Waals surface area contributed by atoms with E-state index < -0.39 is 5.91 Å². The number of rotatable bonds is 3. The Kier molecular flexibility index (Phi) is 3.60. The highest BCUT2D eigenvalue weighted by Crippen LogP contribution is 2.16. The molecule has 5 nitrogen and oxygen atoms in total. The summed E-state index contributed by atoms with van der Waals surface area (Å²) in [6, 6.07) is 12.6. The van der Waals surface area contributed by atoms with Gasteiger partial charge in [-0.05, 0) is 29.8 Å². The smallest absolute Gasteiger partial charge is 0.274 e. The van der Waals surface area contributed by atoms with Crippen LogP contribution in [0.15, 0.2) is 48.7 Å². The highest BCUT2D eigenvalue weighted by atomic mass is 35.5. The maximum atomic E-state index is 11.4. The third kappa shape index (κ3) is 2.89. The first kappa shape index (κ1) is 13.6. The van der Waals surface area contributed by atoms with Gasteiger partial charge in [-0.2, -0.15) is 5.10 Å². The Morgan fingerprint density at radius 1 is 1.24 bits per heavy atom. The van der Waals surface area contributed by atoms with Gasteiger partial charge in [0.1, 0.15) is 0 Å². The van der Waals surface area contributed by atoms with E-state index in [4.69, 9.17) is 16.8 Å². The fourth-order valence-corrected chi connectivity index (χ4v) is 2.26. The molecule has 3 aromatic rings. The third-order valence-electron chi connectivity index (χ3n) is 3.18. The summed E-state index contributed by atoms with van der Waals surface area (Å²) in [4.78, 5) is 11.4. The average Bonchev–Trinajstić information content (AvgIpc) is 2.90. The van der Waals surface area contributed by atoms with E-state index in [-0.39, 0.29) is 0 Å². The van der Waals surface area contributed by atoms with Crippen molar-refractivity contribution in [2.45, 2.75) is 6.54 Å². The molecule has 0 bridgehead atoms. The van der Waals surface area contributed by atoms with Crippen molar-refractivity contribution in [3.05, 3.63) is 64.8 Å². The Bertz CT molecular complexity index is 796. The number of carbonyl (C=O) groups excluding carboxylic acids is 1. The van der Waals surface area contributed by atoms with Crippen LogP contribution in [0.5, 0.6) is 0 Å². The largest absolute Gasteiger partial charge is 0.288 e. The molecule has 0 saturated heterocycles. The molecule has 106 valence electrons. The van der Waals surface area contributed by atoms with E-state index in [2.05, 4.69) is 5.10 Å². The quantitative estimate of drug-likeness (QED) is 0.577. The number of hydrogen-bond donors (Lipinski definition) is 2. The van der Waals surface area contributed by atoms with Crippen LogP contribution in [0.2, 0.25) is 5.02 Å². The second-order valence-corrected chi connectivity index (χ2v) is 5.10. The number of aromatic nitrogens is 2. The lowest BCUT2D eigenvalue weighted by molar-refractivity contribution is 0.0706. The van der Waals surface area contributed by atoms with E-state index in [1.165, 1.54) is 0 Å². The zero-order valence-electron chi connectivity index (χ0n) is 11.0. The van der Waals surface area contributed by atoms with E-state index in [9.17, 15) is 4.79 Å². The maximum absolute atomic E-state index is 11.4. The molecule has 2 N–H and O–H groups in total. The number of fused-ring (bicyclic) bond motifs is 1. The highest BCUT2D eigenvalue weighted by molar-refractivity contribution is 6.30. The number of nitrogens with one attached hydrogen (secondary N) is 1. The monoisotopic (exact) mass is 301 g/mol. The van der Waals surface area contributed by atoms with Crippen LogP contribution in [0.3, 0.4) is 0 Å². The van der Waals surface area contributed by atoms with E-state index in [0.717, 1.165) is 10.9 Å². The summed E-state index contributed by atoms with van der Waals surface area (Å²) in [5, 5.41) is 14.7. The predicted molar refractivity (Wildman–Crippen MR) is 79.5 cm³/mol. The van der Waals surface area contributed by atoms with Crippen LogP contribution in [-0.4, -0.2) is 20.9 Å². The summed E-state index contributed by atoms with van der Waals surface area (Å²) >= 11 is 5.86. The number of nitrogens with zero attached hydrogens (tertiary/aromatic N) is 2. The minimum absolute atomic E-state index is 0.363. The maximum Gasteiger partial charge on any atom is 0.274 e. The molecule has 0 aliphatic rings. The van der Waals surface area contributed by atoms with Crippen LogP contribution >= 0.6 is 11.6 Å². The molecule has 21 heavy (non-hydrogen) atoms. The Morgan fingerprint density at radius 3 is 2.71 bits per heavy atom. The molecule has 1 amide bonds. The van der Waals surface area contributed by atoms with Crippen LogP contribution < -0.4 is 5.48 Å². The molecule has 0 unspecified atom stereocenters. The van der Waals surface area contributed by atoms with Crippen molar-refractivity contribution in [3.63, 3.8) is 0 Å². The lowest BCUT2D eigenvalue weighted by Gasteiger charge is -2.01. The summed E-state index contributed by atoms with van der Waals surface area (Å²) in [5.74, 6) is -0.552. The zero-order chi connectivity index (χ0) is 14.8. The molecule has 0 saturated carbocycles. The lowest BCUT2D eigenvalue weighted by Crippen LogP contribution is -2.18. The van der Waals surface area contributed by atoms with Gasteiger partial charge in [-0.1, -0.05) is 29.8 Å². The van der Waals surface area contributed by atoms with E-state index in [1.807, 2.05) is 30.5 Å². The van der Waals surface area contributed by atoms with Crippen LogP contribution in [0.25, 0.3) is 10.9 Å². The van der Waals surface area contributed by atoms with Crippen LogP contribution in [0.1, 0.15) is 15.9 Å². The number of hydroxylamine groups is 1. The molecular formula is C15H12ClN3O2. The lowest BCUT2D eigenvalue weighted by atomic mass is 10.1. The van der Waals surface area contributed by atoms with Gasteiger partial charge >= 0.3 is 0 Å². The van der Waals surface area contributed by atoms with Crippen molar-refractivity contribution in [1.29, 1.82) is 0 Å². The summed E-state index contributed by atoms with van der Waals surface area (Å²) in [6.07, 6.45) is 1.91. The molecule has 0 aliphatic carbocycles. The molecule has 0 atom stereocenters. The number of carbonyl (C=O) groups is 1. The summed E-state index contributed by atoms with van der Waals surface area (Å²) < 4.78 is 1.80. The molecule has 6 heteroatoms. The number of halogens is 1. The zero-order valence-corrected chi connectivity index (χ0v) is 11.7. The number of amides is 1. The van der Waals surface area contributed by atoms with Gasteiger partial charge in [-0.3, -0.25) is 14.7 Å². The molecule has 0 aliphatic heterocycles. The van der Waals surface area contributed by atoms with Crippen molar-refractivity contribution in [2.24, 2.45) is 0 Å². The summed E-state index contributed by atoms with van der Waals surface area (Å²) in [6.45, 7) is 0.618. The number of hydrogen-bond acceptors (Lipinski definition) is 3. The molecule has 1 aromatic heterocycles. The summed E-state index contributed by atoms with van der Waals surface area (Å²) in [5.41, 5.74) is 3.76. The Labute approximate surface area is 125 Å². The van der Waals surface area contributed by atoms with Gasteiger partial charge in [0.2, 0.25) is 0 Å². The van der Waals surface area contributed by atoms with E-state index >= 15 is 0 Å². The van der Waals surface area contributed by atoms with Gasteiger partial charge < -0.3 is 0 Å². The molecule has 2 aromatic carbocycles. The van der Waals surface area contributed by atoms with Gasteiger partial charge in [-0.15, -0.1) is 0 Å². The first-order chi connectivity index (χ1) is 10.2. The SMILES string of the molecule is O=C(NO)c1ccc2cn(Cc3ccc(Cl)cc3)nc2c1. The molecule has 0 radical (unpaired) electrons. The normalized spacial score (nSPS) is 10.8. The van der Waals surface area contributed by atoms with Crippen molar-refractivity contribution in [1.82, 2.24) is 15.3 Å². The highest BCUT2D eigenvalue weighted by Gasteiger charge is 2.07. The molecular weight excluding hydrogens is 290 g/mol. The fourth-order valence-electron chi connectivity index (χ4n) is 2.13. The fraction of sp³-hybridized carbons (Fsp3) is 0.0667. The second-order valence-electron chi connectivity index (χ2n) is 4.67. The topological polar surface area (TPSA) is 67.2 Å². The first-order valence-electron chi connectivity index (χ1n) is 6.32. The van der Waals surface area contributed by atoms with Gasteiger partial charge in [0.15, 0.2) is 0 Å². The van der Waals surface area contributed by atoms with Crippen molar-refractivity contribution in [3.8, 4) is 0 Å². The van der Waals surface area contributed by atoms with Gasteiger partial charge in [-0.25, -0.2) is 5.48 Å². The first-order valence-corrected chi connectivity index (χ1v) is 6.69. The molecule has 0 fully saturated rings. The summed E-state index contributed by atoms with van der Waals surface area (Å²) in [7, 11) is 0.